The van der Waals surface area contributed by atoms with Crippen molar-refractivity contribution >= 4 is 27.0 Å². The number of methoxy groups -OCH3 is 1. The fourth-order valence-corrected chi connectivity index (χ4v) is 3.61. The lowest BCUT2D eigenvalue weighted by Crippen LogP contribution is -2.25. The Hall–Kier alpha value is -1.64. The average molecular weight is 342 g/mol. The molecular formula is C14H18N2O4S2. The Kier molecular flexibility index (Phi) is 5.76. The molecule has 22 heavy (non-hydrogen) atoms. The zero-order valence-electron chi connectivity index (χ0n) is 12.4. The maximum Gasteiger partial charge on any atom is 0.235 e. The molecule has 0 amide bonds. The molecule has 0 aliphatic rings. The summed E-state index contributed by atoms with van der Waals surface area (Å²) in [6, 6.07) is 6.90. The first-order valence-corrected chi connectivity index (χ1v) is 9.22. The van der Waals surface area contributed by atoms with E-state index in [1.807, 2.05) is 5.38 Å². The number of ether oxygens (including phenoxy) is 2. The monoisotopic (exact) mass is 342 g/mol. The van der Waals surface area contributed by atoms with Crippen LogP contribution in [0.25, 0.3) is 0 Å². The molecule has 1 heterocycles. The van der Waals surface area contributed by atoms with Crippen molar-refractivity contribution in [2.45, 2.75) is 19.6 Å². The summed E-state index contributed by atoms with van der Waals surface area (Å²) in [5.74, 6) is 0.341. The highest BCUT2D eigenvalue weighted by atomic mass is 32.2. The molecule has 8 heteroatoms. The number of para-hydroxylation sites is 2. The summed E-state index contributed by atoms with van der Waals surface area (Å²) in [4.78, 5) is 4.12. The van der Waals surface area contributed by atoms with Crippen LogP contribution in [0.4, 0.5) is 5.69 Å². The standard InChI is InChI=1S/C14H18N2O4S2/c1-11(19-2)9-22(17,18)16-13-5-3-4-6-14(13)20-7-12-8-21-10-15-12/h3-6,8,10-11,16H,7,9H2,1-2H3. The summed E-state index contributed by atoms with van der Waals surface area (Å²) in [6.45, 7) is 1.99. The minimum absolute atomic E-state index is 0.121. The van der Waals surface area contributed by atoms with Gasteiger partial charge in [-0.25, -0.2) is 13.4 Å². The highest BCUT2D eigenvalue weighted by Gasteiger charge is 2.17. The van der Waals surface area contributed by atoms with Crippen LogP contribution in [-0.4, -0.2) is 32.4 Å². The highest BCUT2D eigenvalue weighted by molar-refractivity contribution is 7.92. The predicted octanol–water partition coefficient (Wildman–Crippen LogP) is 2.50. The minimum Gasteiger partial charge on any atom is -0.485 e. The summed E-state index contributed by atoms with van der Waals surface area (Å²) in [5.41, 5.74) is 2.93. The largest absolute Gasteiger partial charge is 0.485 e. The Labute approximate surface area is 134 Å². The van der Waals surface area contributed by atoms with Gasteiger partial charge in [0.1, 0.15) is 12.4 Å². The minimum atomic E-state index is -3.51. The van der Waals surface area contributed by atoms with Crippen LogP contribution < -0.4 is 9.46 Å². The predicted molar refractivity (Wildman–Crippen MR) is 86.8 cm³/mol. The van der Waals surface area contributed by atoms with Gasteiger partial charge in [0.25, 0.3) is 0 Å². The molecular weight excluding hydrogens is 324 g/mol. The molecule has 0 saturated carbocycles. The van der Waals surface area contributed by atoms with E-state index >= 15 is 0 Å². The van der Waals surface area contributed by atoms with E-state index in [0.29, 0.717) is 11.4 Å². The molecule has 0 aliphatic heterocycles. The first-order chi connectivity index (χ1) is 10.5. The molecule has 120 valence electrons. The molecule has 2 aromatic rings. The number of thiazole rings is 1. The van der Waals surface area contributed by atoms with Crippen molar-refractivity contribution in [2.75, 3.05) is 17.6 Å². The van der Waals surface area contributed by atoms with Crippen LogP contribution in [-0.2, 0) is 21.4 Å². The molecule has 1 atom stereocenters. The van der Waals surface area contributed by atoms with E-state index in [9.17, 15) is 8.42 Å². The van der Waals surface area contributed by atoms with E-state index < -0.39 is 10.0 Å². The summed E-state index contributed by atoms with van der Waals surface area (Å²) in [7, 11) is -2.03. The van der Waals surface area contributed by atoms with Gasteiger partial charge in [-0.05, 0) is 19.1 Å². The smallest absolute Gasteiger partial charge is 0.235 e. The van der Waals surface area contributed by atoms with Crippen LogP contribution in [0.15, 0.2) is 35.2 Å². The number of nitrogens with zero attached hydrogens (tertiary/aromatic N) is 1. The Morgan fingerprint density at radius 3 is 2.82 bits per heavy atom. The molecule has 0 bridgehead atoms. The molecule has 1 unspecified atom stereocenters. The maximum atomic E-state index is 12.1. The number of rotatable bonds is 8. The normalized spacial score (nSPS) is 12.8. The summed E-state index contributed by atoms with van der Waals surface area (Å²) < 4.78 is 37.4. The zero-order valence-corrected chi connectivity index (χ0v) is 14.0. The van der Waals surface area contributed by atoms with Gasteiger partial charge in [-0.2, -0.15) is 0 Å². The van der Waals surface area contributed by atoms with Crippen molar-refractivity contribution in [1.29, 1.82) is 0 Å². The third-order valence-electron chi connectivity index (χ3n) is 2.87. The number of nitrogens with one attached hydrogen (secondary N) is 1. The van der Waals surface area contributed by atoms with Crippen LogP contribution in [0, 0.1) is 0 Å². The average Bonchev–Trinajstić information content (AvgIpc) is 2.98. The number of aromatic nitrogens is 1. The van der Waals surface area contributed by atoms with Gasteiger partial charge in [0.15, 0.2) is 0 Å². The zero-order chi connectivity index (χ0) is 16.0. The molecule has 1 aromatic carbocycles. The number of sulfonamides is 1. The second-order valence-electron chi connectivity index (χ2n) is 4.69. The van der Waals surface area contributed by atoms with Crippen molar-refractivity contribution in [1.82, 2.24) is 4.98 Å². The lowest BCUT2D eigenvalue weighted by Gasteiger charge is -2.15. The van der Waals surface area contributed by atoms with E-state index in [1.165, 1.54) is 18.4 Å². The second-order valence-corrected chi connectivity index (χ2v) is 7.18. The van der Waals surface area contributed by atoms with Gasteiger partial charge in [-0.3, -0.25) is 4.72 Å². The van der Waals surface area contributed by atoms with Crippen LogP contribution in [0.2, 0.25) is 0 Å². The van der Waals surface area contributed by atoms with Crippen LogP contribution in [0.1, 0.15) is 12.6 Å². The van der Waals surface area contributed by atoms with Crippen LogP contribution >= 0.6 is 11.3 Å². The van der Waals surface area contributed by atoms with Gasteiger partial charge in [0, 0.05) is 12.5 Å². The Morgan fingerprint density at radius 1 is 1.36 bits per heavy atom. The van der Waals surface area contributed by atoms with Crippen molar-refractivity contribution in [3.8, 4) is 5.75 Å². The molecule has 0 spiro atoms. The van der Waals surface area contributed by atoms with E-state index in [0.717, 1.165) is 5.69 Å². The lowest BCUT2D eigenvalue weighted by molar-refractivity contribution is 0.136. The molecule has 1 aromatic heterocycles. The van der Waals surface area contributed by atoms with Gasteiger partial charge in [0.2, 0.25) is 10.0 Å². The number of anilines is 1. The van der Waals surface area contributed by atoms with Gasteiger partial charge >= 0.3 is 0 Å². The topological polar surface area (TPSA) is 77.5 Å². The van der Waals surface area contributed by atoms with E-state index in [4.69, 9.17) is 9.47 Å². The van der Waals surface area contributed by atoms with Gasteiger partial charge in [0.05, 0.1) is 28.7 Å². The Morgan fingerprint density at radius 2 is 2.14 bits per heavy atom. The van der Waals surface area contributed by atoms with E-state index in [-0.39, 0.29) is 18.5 Å². The molecule has 0 aliphatic carbocycles. The number of benzene rings is 1. The molecule has 0 saturated heterocycles. The van der Waals surface area contributed by atoms with E-state index in [1.54, 1.807) is 36.7 Å². The number of hydrogen-bond donors (Lipinski definition) is 1. The summed E-state index contributed by atoms with van der Waals surface area (Å²) in [5, 5.41) is 1.88. The Bertz CT molecular complexity index is 687. The quantitative estimate of drug-likeness (QED) is 0.797. The van der Waals surface area contributed by atoms with Crippen molar-refractivity contribution in [2.24, 2.45) is 0 Å². The lowest BCUT2D eigenvalue weighted by atomic mass is 10.3. The van der Waals surface area contributed by atoms with Gasteiger partial charge in [-0.1, -0.05) is 12.1 Å². The SMILES string of the molecule is COC(C)CS(=O)(=O)Nc1ccccc1OCc1cscn1. The third kappa shape index (κ3) is 4.97. The molecule has 1 N–H and O–H groups in total. The van der Waals surface area contributed by atoms with Crippen LogP contribution in [0.3, 0.4) is 0 Å². The molecule has 0 fully saturated rings. The molecule has 0 radical (unpaired) electrons. The van der Waals surface area contributed by atoms with E-state index in [2.05, 4.69) is 9.71 Å². The van der Waals surface area contributed by atoms with Crippen LogP contribution in [0.5, 0.6) is 5.75 Å². The highest BCUT2D eigenvalue weighted by Crippen LogP contribution is 2.26. The van der Waals surface area contributed by atoms with Crippen molar-refractivity contribution < 1.29 is 17.9 Å². The third-order valence-corrected chi connectivity index (χ3v) is 4.94. The second kappa shape index (κ2) is 7.57. The fraction of sp³-hybridized carbons (Fsp3) is 0.357. The maximum absolute atomic E-state index is 12.1. The molecule has 6 nitrogen and oxygen atoms in total. The van der Waals surface area contributed by atoms with Crippen molar-refractivity contribution in [3.05, 3.63) is 40.8 Å². The number of hydrogen-bond acceptors (Lipinski definition) is 6. The Balaban J connectivity index is 2.07. The first kappa shape index (κ1) is 16.7. The summed E-state index contributed by atoms with van der Waals surface area (Å²) in [6.07, 6.45) is -0.388. The van der Waals surface area contributed by atoms with Gasteiger partial charge < -0.3 is 9.47 Å². The van der Waals surface area contributed by atoms with Gasteiger partial charge in [-0.15, -0.1) is 11.3 Å². The molecule has 2 rings (SSSR count). The fourth-order valence-electron chi connectivity index (χ4n) is 1.72. The summed E-state index contributed by atoms with van der Waals surface area (Å²) >= 11 is 1.48. The first-order valence-electron chi connectivity index (χ1n) is 6.62. The van der Waals surface area contributed by atoms with Crippen molar-refractivity contribution in [3.63, 3.8) is 0 Å².